The Hall–Kier alpha value is -3.44. The average molecular weight is 441 g/mol. The number of benzene rings is 1. The van der Waals surface area contributed by atoms with Crippen LogP contribution in [0.1, 0.15) is 27.3 Å². The molecular formula is C19H22F3N5O4. The molecule has 0 saturated carbocycles. The molecule has 2 aromatic rings. The molecule has 9 nitrogen and oxygen atoms in total. The van der Waals surface area contributed by atoms with E-state index in [4.69, 9.17) is 0 Å². The van der Waals surface area contributed by atoms with Crippen LogP contribution < -0.4 is 0 Å². The number of alkyl halides is 3. The molecule has 0 radical (unpaired) electrons. The Labute approximate surface area is 176 Å². The summed E-state index contributed by atoms with van der Waals surface area (Å²) in [6.07, 6.45) is -4.66. The number of aryl methyl sites for hydroxylation is 1. The number of nitro groups is 1. The van der Waals surface area contributed by atoms with Gasteiger partial charge in [-0.15, -0.1) is 0 Å². The molecule has 0 fully saturated rings. The van der Waals surface area contributed by atoms with Gasteiger partial charge in [-0.2, -0.15) is 18.3 Å². The number of amides is 2. The van der Waals surface area contributed by atoms with Gasteiger partial charge in [0.15, 0.2) is 0 Å². The van der Waals surface area contributed by atoms with Gasteiger partial charge in [-0.25, -0.2) is 0 Å². The number of carbonyl (C=O) groups excluding carboxylic acids is 2. The first-order chi connectivity index (χ1) is 14.3. The number of halogens is 3. The predicted octanol–water partition coefficient (Wildman–Crippen LogP) is 2.55. The molecule has 0 unspecified atom stereocenters. The minimum Gasteiger partial charge on any atom is -0.347 e. The van der Waals surface area contributed by atoms with Gasteiger partial charge in [0.2, 0.25) is 5.91 Å². The van der Waals surface area contributed by atoms with Crippen molar-refractivity contribution >= 4 is 17.5 Å². The summed E-state index contributed by atoms with van der Waals surface area (Å²) >= 11 is 0. The summed E-state index contributed by atoms with van der Waals surface area (Å²) in [6, 6.07) is 5.74. The van der Waals surface area contributed by atoms with Crippen molar-refractivity contribution < 1.29 is 27.7 Å². The van der Waals surface area contributed by atoms with Crippen molar-refractivity contribution in [2.24, 2.45) is 0 Å². The fourth-order valence-electron chi connectivity index (χ4n) is 2.93. The third-order valence-corrected chi connectivity index (χ3v) is 4.54. The summed E-state index contributed by atoms with van der Waals surface area (Å²) in [5.74, 6) is -1.57. The Morgan fingerprint density at radius 3 is 2.19 bits per heavy atom. The molecule has 168 valence electrons. The molecule has 0 aliphatic heterocycles. The molecule has 31 heavy (non-hydrogen) atoms. The molecule has 0 aliphatic rings. The van der Waals surface area contributed by atoms with Crippen LogP contribution in [0, 0.1) is 24.0 Å². The predicted molar refractivity (Wildman–Crippen MR) is 105 cm³/mol. The standard InChI is InChI=1S/C19H22F3N5O4/c1-12-17(27(30)31)13(2)26(23-12)9-14-5-7-15(8-6-14)18(29)25(11-19(20,21)22)10-16(28)24(3)4/h5-8H,9-11H2,1-4H3. The maximum atomic E-state index is 12.9. The third-order valence-electron chi connectivity index (χ3n) is 4.54. The van der Waals surface area contributed by atoms with Crippen molar-refractivity contribution in [2.75, 3.05) is 27.2 Å². The van der Waals surface area contributed by atoms with Crippen LogP contribution in [-0.2, 0) is 11.3 Å². The highest BCUT2D eigenvalue weighted by Crippen LogP contribution is 2.23. The maximum Gasteiger partial charge on any atom is 0.406 e. The van der Waals surface area contributed by atoms with Crippen LogP contribution in [0.5, 0.6) is 0 Å². The second-order valence-electron chi connectivity index (χ2n) is 7.20. The third kappa shape index (κ3) is 6.03. The van der Waals surface area contributed by atoms with E-state index in [2.05, 4.69) is 5.10 Å². The van der Waals surface area contributed by atoms with Crippen molar-refractivity contribution in [3.8, 4) is 0 Å². The lowest BCUT2D eigenvalue weighted by molar-refractivity contribution is -0.386. The summed E-state index contributed by atoms with van der Waals surface area (Å²) in [5, 5.41) is 15.2. The van der Waals surface area contributed by atoms with E-state index in [0.29, 0.717) is 16.2 Å². The Morgan fingerprint density at radius 1 is 1.16 bits per heavy atom. The van der Waals surface area contributed by atoms with Crippen molar-refractivity contribution in [1.29, 1.82) is 0 Å². The lowest BCUT2D eigenvalue weighted by Gasteiger charge is -2.25. The van der Waals surface area contributed by atoms with Crippen LogP contribution in [0.4, 0.5) is 18.9 Å². The number of carbonyl (C=O) groups is 2. The largest absolute Gasteiger partial charge is 0.406 e. The molecule has 12 heteroatoms. The summed E-state index contributed by atoms with van der Waals surface area (Å²) < 4.78 is 40.1. The van der Waals surface area contributed by atoms with Gasteiger partial charge in [0.05, 0.1) is 11.5 Å². The van der Waals surface area contributed by atoms with Gasteiger partial charge < -0.3 is 9.80 Å². The SMILES string of the molecule is Cc1nn(Cc2ccc(C(=O)N(CC(=O)N(C)C)CC(F)(F)F)cc2)c(C)c1[N+](=O)[O-]. The molecule has 0 atom stereocenters. The zero-order valence-corrected chi connectivity index (χ0v) is 17.4. The second-order valence-corrected chi connectivity index (χ2v) is 7.20. The number of hydrogen-bond acceptors (Lipinski definition) is 5. The van der Waals surface area contributed by atoms with Gasteiger partial charge in [0, 0.05) is 19.7 Å². The first kappa shape index (κ1) is 23.8. The maximum absolute atomic E-state index is 12.9. The quantitative estimate of drug-likeness (QED) is 0.486. The Kier molecular flexibility index (Phi) is 7.03. The molecule has 1 aromatic heterocycles. The van der Waals surface area contributed by atoms with Gasteiger partial charge in [-0.3, -0.25) is 24.4 Å². The number of likely N-dealkylation sites (N-methyl/N-ethyl adjacent to an activating group) is 1. The molecule has 0 bridgehead atoms. The van der Waals surface area contributed by atoms with Crippen LogP contribution in [0.3, 0.4) is 0 Å². The van der Waals surface area contributed by atoms with Crippen molar-refractivity contribution in [1.82, 2.24) is 19.6 Å². The van der Waals surface area contributed by atoms with Gasteiger partial charge in [0.1, 0.15) is 24.5 Å². The molecule has 0 N–H and O–H groups in total. The van der Waals surface area contributed by atoms with E-state index in [1.165, 1.54) is 50.0 Å². The first-order valence-corrected chi connectivity index (χ1v) is 9.13. The fourth-order valence-corrected chi connectivity index (χ4v) is 2.93. The van der Waals surface area contributed by atoms with Crippen LogP contribution >= 0.6 is 0 Å². The van der Waals surface area contributed by atoms with Gasteiger partial charge in [0.25, 0.3) is 5.91 Å². The smallest absolute Gasteiger partial charge is 0.347 e. The van der Waals surface area contributed by atoms with Gasteiger partial charge in [-0.1, -0.05) is 12.1 Å². The highest BCUT2D eigenvalue weighted by atomic mass is 19.4. The summed E-state index contributed by atoms with van der Waals surface area (Å²) in [4.78, 5) is 36.6. The number of hydrogen-bond donors (Lipinski definition) is 0. The summed E-state index contributed by atoms with van der Waals surface area (Å²) in [6.45, 7) is 1.01. The lowest BCUT2D eigenvalue weighted by Crippen LogP contribution is -2.44. The monoisotopic (exact) mass is 441 g/mol. The van der Waals surface area contributed by atoms with E-state index in [9.17, 15) is 32.9 Å². The first-order valence-electron chi connectivity index (χ1n) is 9.13. The Morgan fingerprint density at radius 2 is 1.74 bits per heavy atom. The minimum absolute atomic E-state index is 0.0149. The molecule has 2 amide bonds. The zero-order valence-electron chi connectivity index (χ0n) is 17.4. The minimum atomic E-state index is -4.66. The Bertz CT molecular complexity index is 984. The number of rotatable bonds is 7. The normalized spacial score (nSPS) is 11.3. The van der Waals surface area contributed by atoms with Gasteiger partial charge >= 0.3 is 11.9 Å². The topological polar surface area (TPSA) is 102 Å². The average Bonchev–Trinajstić information content (AvgIpc) is 2.93. The van der Waals surface area contributed by atoms with Crippen molar-refractivity contribution in [3.05, 3.63) is 56.9 Å². The van der Waals surface area contributed by atoms with E-state index in [-0.39, 0.29) is 23.5 Å². The highest BCUT2D eigenvalue weighted by molar-refractivity contribution is 5.96. The van der Waals surface area contributed by atoms with Gasteiger partial charge in [-0.05, 0) is 31.5 Å². The second kappa shape index (κ2) is 9.14. The van der Waals surface area contributed by atoms with Crippen molar-refractivity contribution in [3.63, 3.8) is 0 Å². The van der Waals surface area contributed by atoms with Crippen LogP contribution in [-0.4, -0.2) is 69.7 Å². The van der Waals surface area contributed by atoms with E-state index in [1.807, 2.05) is 0 Å². The van der Waals surface area contributed by atoms with Crippen molar-refractivity contribution in [2.45, 2.75) is 26.6 Å². The fraction of sp³-hybridized carbons (Fsp3) is 0.421. The highest BCUT2D eigenvalue weighted by Gasteiger charge is 2.34. The molecule has 1 heterocycles. The molecular weight excluding hydrogens is 419 g/mol. The number of aromatic nitrogens is 2. The van der Waals surface area contributed by atoms with E-state index < -0.39 is 36.0 Å². The molecule has 0 aliphatic carbocycles. The van der Waals surface area contributed by atoms with Crippen LogP contribution in [0.2, 0.25) is 0 Å². The van der Waals surface area contributed by atoms with E-state index in [0.717, 1.165) is 4.90 Å². The van der Waals surface area contributed by atoms with Crippen LogP contribution in [0.25, 0.3) is 0 Å². The molecule has 0 spiro atoms. The Balaban J connectivity index is 2.22. The summed E-state index contributed by atoms with van der Waals surface area (Å²) in [5.41, 5.74) is 1.17. The molecule has 1 aromatic carbocycles. The van der Waals surface area contributed by atoms with E-state index >= 15 is 0 Å². The number of nitrogens with zero attached hydrogens (tertiary/aromatic N) is 5. The van der Waals surface area contributed by atoms with E-state index in [1.54, 1.807) is 6.92 Å². The molecule has 2 rings (SSSR count). The van der Waals surface area contributed by atoms with Crippen LogP contribution in [0.15, 0.2) is 24.3 Å². The lowest BCUT2D eigenvalue weighted by atomic mass is 10.1. The zero-order chi connectivity index (χ0) is 23.5. The molecule has 0 saturated heterocycles. The summed E-state index contributed by atoms with van der Waals surface area (Å²) in [7, 11) is 2.77.